The highest BCUT2D eigenvalue weighted by molar-refractivity contribution is 6.22. The maximum absolute atomic E-state index is 12.2. The second kappa shape index (κ2) is 6.52. The molecule has 0 aromatic heterocycles. The summed E-state index contributed by atoms with van der Waals surface area (Å²) in [5.74, 6) is -0.851. The van der Waals surface area contributed by atoms with E-state index >= 15 is 0 Å². The highest BCUT2D eigenvalue weighted by Crippen LogP contribution is 2.22. The van der Waals surface area contributed by atoms with Crippen molar-refractivity contribution in [2.45, 2.75) is 39.5 Å². The fourth-order valence-electron chi connectivity index (χ4n) is 2.46. The van der Waals surface area contributed by atoms with E-state index in [9.17, 15) is 14.4 Å². The van der Waals surface area contributed by atoms with Crippen molar-refractivity contribution in [3.63, 3.8) is 0 Å². The first-order chi connectivity index (χ1) is 10.1. The third kappa shape index (κ3) is 3.29. The van der Waals surface area contributed by atoms with E-state index in [1.54, 1.807) is 18.2 Å². The lowest BCUT2D eigenvalue weighted by Crippen LogP contribution is -2.22. The molecular formula is C16H20N2O3. The number of carbonyl (C=O) groups excluding carboxylic acids is 3. The number of nitrogens with one attached hydrogen (secondary N) is 2. The molecule has 0 fully saturated rings. The van der Waals surface area contributed by atoms with Gasteiger partial charge in [0, 0.05) is 11.6 Å². The average Bonchev–Trinajstić information content (AvgIpc) is 2.74. The van der Waals surface area contributed by atoms with Crippen molar-refractivity contribution in [2.75, 3.05) is 5.32 Å². The van der Waals surface area contributed by atoms with E-state index in [1.165, 1.54) is 0 Å². The van der Waals surface area contributed by atoms with Crippen LogP contribution in [0.25, 0.3) is 0 Å². The predicted molar refractivity (Wildman–Crippen MR) is 80.2 cm³/mol. The third-order valence-corrected chi connectivity index (χ3v) is 3.77. The second-order valence-corrected chi connectivity index (χ2v) is 5.28. The van der Waals surface area contributed by atoms with Crippen LogP contribution in [0.5, 0.6) is 0 Å². The van der Waals surface area contributed by atoms with Gasteiger partial charge in [-0.05, 0) is 31.0 Å². The molecule has 5 nitrogen and oxygen atoms in total. The normalized spacial score (nSPS) is 14.6. The van der Waals surface area contributed by atoms with Crippen LogP contribution in [0.4, 0.5) is 5.69 Å². The van der Waals surface area contributed by atoms with Crippen LogP contribution in [0.1, 0.15) is 60.2 Å². The molecular weight excluding hydrogens is 268 g/mol. The molecule has 112 valence electrons. The standard InChI is InChI=1S/C16H20N2O3/c1-3-5-6-10(4-2)14(19)17-11-7-8-12-13(9-11)16(21)18-15(12)20/h7-10H,3-6H2,1-2H3,(H,17,19)(H,18,20,21). The smallest absolute Gasteiger partial charge is 0.259 e. The third-order valence-electron chi connectivity index (χ3n) is 3.77. The molecule has 1 aliphatic heterocycles. The van der Waals surface area contributed by atoms with Gasteiger partial charge in [0.1, 0.15) is 0 Å². The number of amides is 3. The van der Waals surface area contributed by atoms with Gasteiger partial charge in [-0.15, -0.1) is 0 Å². The number of anilines is 1. The van der Waals surface area contributed by atoms with Crippen LogP contribution in [0.15, 0.2) is 18.2 Å². The van der Waals surface area contributed by atoms with Crippen molar-refractivity contribution >= 4 is 23.4 Å². The molecule has 0 bridgehead atoms. The van der Waals surface area contributed by atoms with E-state index in [0.717, 1.165) is 25.7 Å². The van der Waals surface area contributed by atoms with E-state index in [1.807, 2.05) is 6.92 Å². The lowest BCUT2D eigenvalue weighted by molar-refractivity contribution is -0.120. The molecule has 1 aromatic carbocycles. The average molecular weight is 288 g/mol. The quantitative estimate of drug-likeness (QED) is 0.790. The minimum atomic E-state index is -0.413. The molecule has 0 aliphatic carbocycles. The van der Waals surface area contributed by atoms with Crippen molar-refractivity contribution in [3.8, 4) is 0 Å². The summed E-state index contributed by atoms with van der Waals surface area (Å²) in [5.41, 5.74) is 1.23. The number of rotatable bonds is 6. The number of hydrogen-bond acceptors (Lipinski definition) is 3. The molecule has 3 amide bonds. The minimum Gasteiger partial charge on any atom is -0.326 e. The molecule has 21 heavy (non-hydrogen) atoms. The van der Waals surface area contributed by atoms with E-state index in [4.69, 9.17) is 0 Å². The summed E-state index contributed by atoms with van der Waals surface area (Å²) in [7, 11) is 0. The maximum atomic E-state index is 12.2. The molecule has 1 unspecified atom stereocenters. The summed E-state index contributed by atoms with van der Waals surface area (Å²) in [6.45, 7) is 4.09. The molecule has 0 radical (unpaired) electrons. The number of carbonyl (C=O) groups is 3. The Kier molecular flexibility index (Phi) is 4.73. The van der Waals surface area contributed by atoms with Crippen LogP contribution in [0.3, 0.4) is 0 Å². The van der Waals surface area contributed by atoms with Crippen LogP contribution >= 0.6 is 0 Å². The van der Waals surface area contributed by atoms with Gasteiger partial charge in [0.25, 0.3) is 11.8 Å². The van der Waals surface area contributed by atoms with Crippen molar-refractivity contribution in [3.05, 3.63) is 29.3 Å². The largest absolute Gasteiger partial charge is 0.326 e. The Morgan fingerprint density at radius 1 is 1.19 bits per heavy atom. The van der Waals surface area contributed by atoms with Gasteiger partial charge in [0.2, 0.25) is 5.91 Å². The lowest BCUT2D eigenvalue weighted by atomic mass is 9.98. The Morgan fingerprint density at radius 2 is 1.90 bits per heavy atom. The number of unbranched alkanes of at least 4 members (excludes halogenated alkanes) is 1. The van der Waals surface area contributed by atoms with Crippen molar-refractivity contribution in [1.82, 2.24) is 5.32 Å². The minimum absolute atomic E-state index is 0.0198. The van der Waals surface area contributed by atoms with Gasteiger partial charge in [0.05, 0.1) is 11.1 Å². The number of imide groups is 1. The van der Waals surface area contributed by atoms with Gasteiger partial charge >= 0.3 is 0 Å². The first-order valence-electron chi connectivity index (χ1n) is 7.37. The van der Waals surface area contributed by atoms with Crippen molar-refractivity contribution < 1.29 is 14.4 Å². The number of fused-ring (bicyclic) bond motifs is 1. The van der Waals surface area contributed by atoms with E-state index < -0.39 is 5.91 Å². The predicted octanol–water partition coefficient (Wildman–Crippen LogP) is 2.73. The van der Waals surface area contributed by atoms with E-state index in [2.05, 4.69) is 17.6 Å². The fraction of sp³-hybridized carbons (Fsp3) is 0.438. The molecule has 2 rings (SSSR count). The molecule has 0 saturated heterocycles. The molecule has 1 heterocycles. The van der Waals surface area contributed by atoms with Crippen LogP contribution < -0.4 is 10.6 Å². The van der Waals surface area contributed by atoms with Crippen LogP contribution in [0, 0.1) is 5.92 Å². The SMILES string of the molecule is CCCCC(CC)C(=O)Nc1ccc2c(c1)C(=O)NC2=O. The Labute approximate surface area is 124 Å². The molecule has 0 spiro atoms. The van der Waals surface area contributed by atoms with Gasteiger partial charge in [-0.25, -0.2) is 0 Å². The van der Waals surface area contributed by atoms with Gasteiger partial charge in [0.15, 0.2) is 0 Å². The zero-order chi connectivity index (χ0) is 15.4. The van der Waals surface area contributed by atoms with E-state index in [-0.39, 0.29) is 17.7 Å². The highest BCUT2D eigenvalue weighted by atomic mass is 16.2. The molecule has 1 atom stereocenters. The van der Waals surface area contributed by atoms with Gasteiger partial charge in [-0.1, -0.05) is 26.7 Å². The summed E-state index contributed by atoms with van der Waals surface area (Å²) in [6.07, 6.45) is 3.73. The fourth-order valence-corrected chi connectivity index (χ4v) is 2.46. The monoisotopic (exact) mass is 288 g/mol. The van der Waals surface area contributed by atoms with Crippen LogP contribution in [0.2, 0.25) is 0 Å². The van der Waals surface area contributed by atoms with Crippen LogP contribution in [-0.2, 0) is 4.79 Å². The van der Waals surface area contributed by atoms with Gasteiger partial charge in [-0.2, -0.15) is 0 Å². The van der Waals surface area contributed by atoms with Crippen molar-refractivity contribution in [2.24, 2.45) is 5.92 Å². The van der Waals surface area contributed by atoms with Crippen LogP contribution in [-0.4, -0.2) is 17.7 Å². The summed E-state index contributed by atoms with van der Waals surface area (Å²) in [4.78, 5) is 35.3. The number of benzene rings is 1. The topological polar surface area (TPSA) is 75.3 Å². The highest BCUT2D eigenvalue weighted by Gasteiger charge is 2.27. The van der Waals surface area contributed by atoms with Crippen molar-refractivity contribution in [1.29, 1.82) is 0 Å². The Morgan fingerprint density at radius 3 is 2.57 bits per heavy atom. The molecule has 0 saturated carbocycles. The zero-order valence-corrected chi connectivity index (χ0v) is 12.4. The van der Waals surface area contributed by atoms with E-state index in [0.29, 0.717) is 16.8 Å². The van der Waals surface area contributed by atoms with Gasteiger partial charge in [-0.3, -0.25) is 19.7 Å². The summed E-state index contributed by atoms with van der Waals surface area (Å²) >= 11 is 0. The molecule has 1 aromatic rings. The molecule has 5 heteroatoms. The second-order valence-electron chi connectivity index (χ2n) is 5.28. The Hall–Kier alpha value is -2.17. The Bertz CT molecular complexity index is 581. The summed E-state index contributed by atoms with van der Waals surface area (Å²) in [6, 6.07) is 4.78. The molecule has 1 aliphatic rings. The summed E-state index contributed by atoms with van der Waals surface area (Å²) < 4.78 is 0. The first-order valence-corrected chi connectivity index (χ1v) is 7.37. The Balaban J connectivity index is 2.10. The molecule has 2 N–H and O–H groups in total. The maximum Gasteiger partial charge on any atom is 0.259 e. The first kappa shape index (κ1) is 15.2. The summed E-state index contributed by atoms with van der Waals surface area (Å²) in [5, 5.41) is 5.07. The number of hydrogen-bond donors (Lipinski definition) is 2. The lowest BCUT2D eigenvalue weighted by Gasteiger charge is -2.14. The van der Waals surface area contributed by atoms with Gasteiger partial charge < -0.3 is 5.32 Å². The zero-order valence-electron chi connectivity index (χ0n) is 12.4.